The van der Waals surface area contributed by atoms with Gasteiger partial charge in [-0.1, -0.05) is 0 Å². The third kappa shape index (κ3) is 3.48. The summed E-state index contributed by atoms with van der Waals surface area (Å²) in [5, 5.41) is 20.3. The Labute approximate surface area is 136 Å². The van der Waals surface area contributed by atoms with Gasteiger partial charge in [0.2, 0.25) is 0 Å². The second kappa shape index (κ2) is 6.11. The highest BCUT2D eigenvalue weighted by atomic mass is 32.2. The molecule has 1 saturated carbocycles. The number of ketones is 2. The molecule has 0 aromatic heterocycles. The lowest BCUT2D eigenvalue weighted by Crippen LogP contribution is -2.33. The van der Waals surface area contributed by atoms with Gasteiger partial charge in [-0.2, -0.15) is 0 Å². The molecule has 0 heterocycles. The van der Waals surface area contributed by atoms with E-state index < -0.39 is 55.4 Å². The van der Waals surface area contributed by atoms with Crippen molar-refractivity contribution >= 4 is 33.1 Å². The molecule has 1 aliphatic carbocycles. The molecule has 0 radical (unpaired) electrons. The van der Waals surface area contributed by atoms with Gasteiger partial charge in [0.1, 0.15) is 0 Å². The molecule has 1 fully saturated rings. The van der Waals surface area contributed by atoms with Crippen LogP contribution in [0.5, 0.6) is 0 Å². The van der Waals surface area contributed by atoms with Crippen LogP contribution in [0.4, 0.5) is 5.69 Å². The van der Waals surface area contributed by atoms with E-state index in [1.165, 1.54) is 0 Å². The van der Waals surface area contributed by atoms with Crippen LogP contribution in [0.2, 0.25) is 0 Å². The van der Waals surface area contributed by atoms with Crippen molar-refractivity contribution in [2.24, 2.45) is 11.8 Å². The van der Waals surface area contributed by atoms with Crippen molar-refractivity contribution in [1.29, 1.82) is 0 Å². The number of sulfone groups is 1. The standard InChI is InChI=1S/C14H13NO8S/c1-24(22,23)8-4-5-9(10(6-8)15(20)21)13(17)11(14(18)19)12(16)7-2-3-7/h4-7,11H,2-3H2,1H3,(H,18,19). The minimum Gasteiger partial charge on any atom is -0.480 e. The highest BCUT2D eigenvalue weighted by Gasteiger charge is 2.44. The molecule has 1 aliphatic rings. The van der Waals surface area contributed by atoms with Crippen LogP contribution < -0.4 is 0 Å². The Kier molecular flexibility index (Phi) is 4.52. The Morgan fingerprint density at radius 3 is 2.29 bits per heavy atom. The van der Waals surface area contributed by atoms with Gasteiger partial charge < -0.3 is 5.11 Å². The third-order valence-corrected chi connectivity index (χ3v) is 4.74. The van der Waals surface area contributed by atoms with E-state index in [4.69, 9.17) is 5.11 Å². The van der Waals surface area contributed by atoms with Crippen LogP contribution in [0.15, 0.2) is 23.1 Å². The Morgan fingerprint density at radius 2 is 1.88 bits per heavy atom. The maximum Gasteiger partial charge on any atom is 0.322 e. The van der Waals surface area contributed by atoms with Crippen LogP contribution in [-0.2, 0) is 19.4 Å². The fraction of sp³-hybridized carbons (Fsp3) is 0.357. The van der Waals surface area contributed by atoms with Gasteiger partial charge in [-0.15, -0.1) is 0 Å². The number of nitrogens with zero attached hydrogens (tertiary/aromatic N) is 1. The second-order valence-corrected chi connectivity index (χ2v) is 7.54. The van der Waals surface area contributed by atoms with Crippen LogP contribution in [0.1, 0.15) is 23.2 Å². The van der Waals surface area contributed by atoms with E-state index in [1.54, 1.807) is 0 Å². The van der Waals surface area contributed by atoms with E-state index in [0.717, 1.165) is 18.4 Å². The van der Waals surface area contributed by atoms with Gasteiger partial charge in [0, 0.05) is 18.2 Å². The molecular weight excluding hydrogens is 342 g/mol. The summed E-state index contributed by atoms with van der Waals surface area (Å²) in [5.41, 5.74) is -1.45. The van der Waals surface area contributed by atoms with Crippen molar-refractivity contribution in [2.75, 3.05) is 6.26 Å². The van der Waals surface area contributed by atoms with E-state index in [-0.39, 0.29) is 4.90 Å². The summed E-state index contributed by atoms with van der Waals surface area (Å²) in [6.45, 7) is 0. The number of hydrogen-bond acceptors (Lipinski definition) is 7. The minimum absolute atomic E-state index is 0.383. The number of Topliss-reactive ketones (excluding diaryl/α,β-unsaturated/α-hetero) is 2. The highest BCUT2D eigenvalue weighted by Crippen LogP contribution is 2.34. The number of nitro groups is 1. The molecule has 0 saturated heterocycles. The maximum absolute atomic E-state index is 12.4. The van der Waals surface area contributed by atoms with Gasteiger partial charge in [-0.3, -0.25) is 24.5 Å². The van der Waals surface area contributed by atoms with Crippen molar-refractivity contribution in [3.8, 4) is 0 Å². The van der Waals surface area contributed by atoms with Gasteiger partial charge in [-0.25, -0.2) is 8.42 Å². The molecule has 1 unspecified atom stereocenters. The van der Waals surface area contributed by atoms with Gasteiger partial charge in [0.05, 0.1) is 15.4 Å². The lowest BCUT2D eigenvalue weighted by atomic mass is 9.90. The Balaban J connectivity index is 2.53. The van der Waals surface area contributed by atoms with Crippen molar-refractivity contribution in [3.63, 3.8) is 0 Å². The van der Waals surface area contributed by atoms with Crippen LogP contribution >= 0.6 is 0 Å². The molecule has 0 spiro atoms. The summed E-state index contributed by atoms with van der Waals surface area (Å²) >= 11 is 0. The number of nitro benzene ring substituents is 1. The van der Waals surface area contributed by atoms with E-state index in [2.05, 4.69) is 0 Å². The zero-order valence-electron chi connectivity index (χ0n) is 12.5. The Bertz CT molecular complexity index is 854. The number of carboxylic acid groups (broad SMARTS) is 1. The lowest BCUT2D eigenvalue weighted by molar-refractivity contribution is -0.385. The normalized spacial score (nSPS) is 15.5. The second-order valence-electron chi connectivity index (χ2n) is 5.52. The first-order valence-corrected chi connectivity index (χ1v) is 8.72. The van der Waals surface area contributed by atoms with Crippen molar-refractivity contribution in [3.05, 3.63) is 33.9 Å². The van der Waals surface area contributed by atoms with Crippen molar-refractivity contribution in [1.82, 2.24) is 0 Å². The molecule has 1 atom stereocenters. The van der Waals surface area contributed by atoms with Crippen LogP contribution in [0.3, 0.4) is 0 Å². The zero-order chi connectivity index (χ0) is 18.2. The molecule has 0 aliphatic heterocycles. The molecule has 9 nitrogen and oxygen atoms in total. The summed E-state index contributed by atoms with van der Waals surface area (Å²) in [6.07, 6.45) is 1.79. The highest BCUT2D eigenvalue weighted by molar-refractivity contribution is 7.90. The first-order valence-electron chi connectivity index (χ1n) is 6.83. The number of aliphatic carboxylic acids is 1. The minimum atomic E-state index is -3.76. The van der Waals surface area contributed by atoms with E-state index in [1.807, 2.05) is 0 Å². The van der Waals surface area contributed by atoms with Crippen LogP contribution in [0, 0.1) is 22.0 Å². The number of carboxylic acids is 1. The smallest absolute Gasteiger partial charge is 0.322 e. The fourth-order valence-corrected chi connectivity index (χ4v) is 2.86. The number of benzene rings is 1. The molecule has 2 rings (SSSR count). The number of rotatable bonds is 7. The van der Waals surface area contributed by atoms with Gasteiger partial charge in [0.15, 0.2) is 27.3 Å². The molecular formula is C14H13NO8S. The first-order chi connectivity index (χ1) is 11.0. The predicted molar refractivity (Wildman–Crippen MR) is 79.4 cm³/mol. The topological polar surface area (TPSA) is 149 Å². The van der Waals surface area contributed by atoms with Crippen LogP contribution in [0.25, 0.3) is 0 Å². The zero-order valence-corrected chi connectivity index (χ0v) is 13.3. The van der Waals surface area contributed by atoms with Crippen molar-refractivity contribution < 1.29 is 32.8 Å². The summed E-state index contributed by atoms with van der Waals surface area (Å²) in [5.74, 6) is -6.23. The summed E-state index contributed by atoms with van der Waals surface area (Å²) in [4.78, 5) is 45.5. The summed E-state index contributed by atoms with van der Waals surface area (Å²) in [6, 6.07) is 2.52. The lowest BCUT2D eigenvalue weighted by Gasteiger charge is -2.11. The van der Waals surface area contributed by atoms with Gasteiger partial charge in [0.25, 0.3) is 5.69 Å². The Hall–Kier alpha value is -2.62. The molecule has 1 N–H and O–H groups in total. The average Bonchev–Trinajstić information content (AvgIpc) is 3.29. The van der Waals surface area contributed by atoms with Crippen LogP contribution in [-0.4, -0.2) is 42.2 Å². The molecule has 10 heteroatoms. The predicted octanol–water partition coefficient (Wildman–Crippen LogP) is 0.861. The SMILES string of the molecule is CS(=O)(=O)c1ccc(C(=O)C(C(=O)O)C(=O)C2CC2)c([N+](=O)[O-])c1. The van der Waals surface area contributed by atoms with Crippen molar-refractivity contribution in [2.45, 2.75) is 17.7 Å². The van der Waals surface area contributed by atoms with Gasteiger partial charge in [-0.05, 0) is 25.0 Å². The number of carbonyl (C=O) groups is 3. The Morgan fingerprint density at radius 1 is 1.29 bits per heavy atom. The maximum atomic E-state index is 12.4. The number of carbonyl (C=O) groups excluding carboxylic acids is 2. The van der Waals surface area contributed by atoms with E-state index in [9.17, 15) is 32.9 Å². The fourth-order valence-electron chi connectivity index (χ4n) is 2.22. The summed E-state index contributed by atoms with van der Waals surface area (Å²) < 4.78 is 23.0. The van der Waals surface area contributed by atoms with Gasteiger partial charge >= 0.3 is 5.97 Å². The van der Waals surface area contributed by atoms with E-state index in [0.29, 0.717) is 18.9 Å². The monoisotopic (exact) mass is 355 g/mol. The molecule has 0 amide bonds. The quantitative estimate of drug-likeness (QED) is 0.327. The molecule has 1 aromatic carbocycles. The average molecular weight is 355 g/mol. The first kappa shape index (κ1) is 17.7. The largest absolute Gasteiger partial charge is 0.480 e. The van der Waals surface area contributed by atoms with E-state index >= 15 is 0 Å². The third-order valence-electron chi connectivity index (χ3n) is 3.63. The molecule has 24 heavy (non-hydrogen) atoms. The molecule has 0 bridgehead atoms. The molecule has 128 valence electrons. The number of hydrogen-bond donors (Lipinski definition) is 1. The summed E-state index contributed by atoms with van der Waals surface area (Å²) in [7, 11) is -3.76. The molecule has 1 aromatic rings.